The third kappa shape index (κ3) is 3.39. The van der Waals surface area contributed by atoms with Crippen molar-refractivity contribution >= 4 is 0 Å². The molecule has 1 aliphatic rings. The number of hydrogen-bond donors (Lipinski definition) is 1. The number of aryl methyl sites for hydroxylation is 1. The molecule has 1 N–H and O–H groups in total. The summed E-state index contributed by atoms with van der Waals surface area (Å²) >= 11 is 0. The molecule has 0 aliphatic heterocycles. The fourth-order valence-corrected chi connectivity index (χ4v) is 3.91. The number of pyridine rings is 2. The van der Waals surface area contributed by atoms with Crippen LogP contribution >= 0.6 is 0 Å². The number of nitrogens with zero attached hydrogens (tertiary/aromatic N) is 3. The van der Waals surface area contributed by atoms with Gasteiger partial charge in [0.05, 0.1) is 0 Å². The van der Waals surface area contributed by atoms with Crippen molar-refractivity contribution in [1.82, 2.24) is 14.9 Å². The van der Waals surface area contributed by atoms with Gasteiger partial charge in [0.15, 0.2) is 0 Å². The van der Waals surface area contributed by atoms with E-state index in [1.165, 1.54) is 5.56 Å². The van der Waals surface area contributed by atoms with E-state index in [0.717, 1.165) is 41.6 Å². The molecule has 4 rings (SSSR count). The molecule has 0 radical (unpaired) electrons. The van der Waals surface area contributed by atoms with E-state index >= 15 is 0 Å². The molecule has 1 aliphatic carbocycles. The molecule has 0 fully saturated rings. The lowest BCUT2D eigenvalue weighted by Gasteiger charge is -2.30. The van der Waals surface area contributed by atoms with E-state index in [0.29, 0.717) is 6.54 Å². The van der Waals surface area contributed by atoms with E-state index in [1.54, 1.807) is 6.20 Å². The van der Waals surface area contributed by atoms with Crippen molar-refractivity contribution in [2.24, 2.45) is 0 Å². The standard InChI is InChI=1S/C22H23N3O/c1-25(16-22(26)9-8-18-5-2-3-7-21(18)22)15-17-11-20(14-24-12-17)19-6-4-10-23-13-19/h2-7,10-14,26H,8-9,15-16H2,1H3. The minimum absolute atomic E-state index is 0.612. The summed E-state index contributed by atoms with van der Waals surface area (Å²) in [4.78, 5) is 10.7. The number of rotatable bonds is 5. The number of likely N-dealkylation sites (N-methyl/N-ethyl adjacent to an activating group) is 1. The lowest BCUT2D eigenvalue weighted by atomic mass is 9.95. The van der Waals surface area contributed by atoms with Crippen LogP contribution in [0.5, 0.6) is 0 Å². The highest BCUT2D eigenvalue weighted by molar-refractivity contribution is 5.61. The first kappa shape index (κ1) is 16.9. The normalized spacial score (nSPS) is 18.9. The van der Waals surface area contributed by atoms with Gasteiger partial charge in [-0.3, -0.25) is 14.9 Å². The van der Waals surface area contributed by atoms with E-state index in [1.807, 2.05) is 42.9 Å². The zero-order valence-corrected chi connectivity index (χ0v) is 15.0. The Bertz CT molecular complexity index is 897. The molecular weight excluding hydrogens is 322 g/mol. The Morgan fingerprint density at radius 3 is 2.73 bits per heavy atom. The van der Waals surface area contributed by atoms with Gasteiger partial charge in [-0.1, -0.05) is 30.3 Å². The number of aliphatic hydroxyl groups is 1. The summed E-state index contributed by atoms with van der Waals surface area (Å²) < 4.78 is 0. The second-order valence-corrected chi connectivity index (χ2v) is 7.18. The smallest absolute Gasteiger partial charge is 0.103 e. The van der Waals surface area contributed by atoms with Crippen LogP contribution in [0.25, 0.3) is 11.1 Å². The van der Waals surface area contributed by atoms with Gasteiger partial charge in [-0.05, 0) is 48.7 Å². The zero-order chi connectivity index (χ0) is 18.0. The molecule has 0 saturated carbocycles. The summed E-state index contributed by atoms with van der Waals surface area (Å²) in [5, 5.41) is 11.2. The molecule has 2 heterocycles. The minimum Gasteiger partial charge on any atom is -0.384 e. The van der Waals surface area contributed by atoms with Gasteiger partial charge in [0.25, 0.3) is 0 Å². The van der Waals surface area contributed by atoms with Crippen molar-refractivity contribution in [3.63, 3.8) is 0 Å². The van der Waals surface area contributed by atoms with Gasteiger partial charge in [-0.2, -0.15) is 0 Å². The predicted molar refractivity (Wildman–Crippen MR) is 102 cm³/mol. The lowest BCUT2D eigenvalue weighted by molar-refractivity contribution is 0.00547. The van der Waals surface area contributed by atoms with Crippen LogP contribution < -0.4 is 0 Å². The number of benzene rings is 1. The maximum Gasteiger partial charge on any atom is 0.103 e. The molecule has 0 bridgehead atoms. The quantitative estimate of drug-likeness (QED) is 0.770. The maximum atomic E-state index is 11.2. The van der Waals surface area contributed by atoms with Crippen LogP contribution in [0.15, 0.2) is 67.3 Å². The van der Waals surface area contributed by atoms with Gasteiger partial charge in [-0.15, -0.1) is 0 Å². The maximum absolute atomic E-state index is 11.2. The third-order valence-corrected chi connectivity index (χ3v) is 5.10. The number of aromatic nitrogens is 2. The average Bonchev–Trinajstić information content (AvgIpc) is 2.99. The molecule has 1 atom stereocenters. The Morgan fingerprint density at radius 2 is 1.88 bits per heavy atom. The van der Waals surface area contributed by atoms with Crippen molar-refractivity contribution < 1.29 is 5.11 Å². The van der Waals surface area contributed by atoms with Crippen molar-refractivity contribution in [2.75, 3.05) is 13.6 Å². The molecule has 0 saturated heterocycles. The fourth-order valence-electron chi connectivity index (χ4n) is 3.91. The first-order valence-corrected chi connectivity index (χ1v) is 8.98. The molecular formula is C22H23N3O. The SMILES string of the molecule is CN(Cc1cncc(-c2cccnc2)c1)CC1(O)CCc2ccccc21. The molecule has 132 valence electrons. The van der Waals surface area contributed by atoms with Gasteiger partial charge >= 0.3 is 0 Å². The van der Waals surface area contributed by atoms with Crippen LogP contribution in [0.3, 0.4) is 0 Å². The number of fused-ring (bicyclic) bond motifs is 1. The largest absolute Gasteiger partial charge is 0.384 e. The highest BCUT2D eigenvalue weighted by Gasteiger charge is 2.37. The summed E-state index contributed by atoms with van der Waals surface area (Å²) in [6, 6.07) is 14.3. The Labute approximate surface area is 154 Å². The van der Waals surface area contributed by atoms with Gasteiger partial charge < -0.3 is 5.11 Å². The zero-order valence-electron chi connectivity index (χ0n) is 15.0. The monoisotopic (exact) mass is 345 g/mol. The van der Waals surface area contributed by atoms with Crippen LogP contribution in [0, 0.1) is 0 Å². The van der Waals surface area contributed by atoms with Crippen LogP contribution in [-0.2, 0) is 18.6 Å². The van der Waals surface area contributed by atoms with Crippen molar-refractivity contribution in [1.29, 1.82) is 0 Å². The summed E-state index contributed by atoms with van der Waals surface area (Å²) in [6.07, 6.45) is 9.10. The average molecular weight is 345 g/mol. The molecule has 26 heavy (non-hydrogen) atoms. The highest BCUT2D eigenvalue weighted by Crippen LogP contribution is 2.37. The molecule has 0 spiro atoms. The Hall–Kier alpha value is -2.56. The van der Waals surface area contributed by atoms with Crippen molar-refractivity contribution in [2.45, 2.75) is 25.0 Å². The molecule has 1 unspecified atom stereocenters. The Kier molecular flexibility index (Phi) is 4.53. The van der Waals surface area contributed by atoms with E-state index in [9.17, 15) is 5.11 Å². The third-order valence-electron chi connectivity index (χ3n) is 5.10. The molecule has 2 aromatic heterocycles. The molecule has 1 aromatic carbocycles. The topological polar surface area (TPSA) is 49.2 Å². The Balaban J connectivity index is 1.48. The van der Waals surface area contributed by atoms with Crippen LogP contribution in [-0.4, -0.2) is 33.6 Å². The fraction of sp³-hybridized carbons (Fsp3) is 0.273. The molecule has 4 nitrogen and oxygen atoms in total. The van der Waals surface area contributed by atoms with Gasteiger partial charge in [-0.25, -0.2) is 0 Å². The van der Waals surface area contributed by atoms with E-state index in [-0.39, 0.29) is 0 Å². The van der Waals surface area contributed by atoms with E-state index in [2.05, 4.69) is 40.1 Å². The van der Waals surface area contributed by atoms with Crippen LogP contribution in [0.2, 0.25) is 0 Å². The van der Waals surface area contributed by atoms with Gasteiger partial charge in [0.2, 0.25) is 0 Å². The summed E-state index contributed by atoms with van der Waals surface area (Å²) in [5.74, 6) is 0. The van der Waals surface area contributed by atoms with E-state index < -0.39 is 5.60 Å². The van der Waals surface area contributed by atoms with Crippen LogP contribution in [0.4, 0.5) is 0 Å². The molecule has 3 aromatic rings. The van der Waals surface area contributed by atoms with Crippen molar-refractivity contribution in [3.05, 3.63) is 83.9 Å². The first-order chi connectivity index (χ1) is 12.6. The molecule has 4 heteroatoms. The Morgan fingerprint density at radius 1 is 1.04 bits per heavy atom. The second-order valence-electron chi connectivity index (χ2n) is 7.18. The highest BCUT2D eigenvalue weighted by atomic mass is 16.3. The first-order valence-electron chi connectivity index (χ1n) is 8.98. The minimum atomic E-state index is -0.764. The summed E-state index contributed by atoms with van der Waals surface area (Å²) in [5.41, 5.74) is 4.84. The second kappa shape index (κ2) is 6.98. The lowest BCUT2D eigenvalue weighted by Crippen LogP contribution is -2.37. The summed E-state index contributed by atoms with van der Waals surface area (Å²) in [6.45, 7) is 1.35. The van der Waals surface area contributed by atoms with Gasteiger partial charge in [0.1, 0.15) is 5.60 Å². The molecule has 0 amide bonds. The van der Waals surface area contributed by atoms with Crippen LogP contribution in [0.1, 0.15) is 23.1 Å². The van der Waals surface area contributed by atoms with Gasteiger partial charge in [0, 0.05) is 49.0 Å². The summed E-state index contributed by atoms with van der Waals surface area (Å²) in [7, 11) is 2.05. The predicted octanol–water partition coefficient (Wildman–Crippen LogP) is 3.41. The van der Waals surface area contributed by atoms with E-state index in [4.69, 9.17) is 0 Å². The number of hydrogen-bond acceptors (Lipinski definition) is 4. The van der Waals surface area contributed by atoms with Crippen molar-refractivity contribution in [3.8, 4) is 11.1 Å².